The Morgan fingerprint density at radius 1 is 1.21 bits per heavy atom. The van der Waals surface area contributed by atoms with E-state index in [1.165, 1.54) is 4.90 Å². The highest BCUT2D eigenvalue weighted by atomic mass is 32.2. The number of nitrogens with two attached hydrogens (primary N) is 1. The van der Waals surface area contributed by atoms with Gasteiger partial charge < -0.3 is 10.5 Å². The molecule has 0 aliphatic carbocycles. The number of thiophene rings is 1. The van der Waals surface area contributed by atoms with Crippen molar-refractivity contribution in [3.8, 4) is 17.6 Å². The zero-order chi connectivity index (χ0) is 13.5. The summed E-state index contributed by atoms with van der Waals surface area (Å²) in [7, 11) is 0. The third-order valence-electron chi connectivity index (χ3n) is 2.42. The second kappa shape index (κ2) is 7.25. The Morgan fingerprint density at radius 2 is 2.00 bits per heavy atom. The lowest BCUT2D eigenvalue weighted by Gasteiger charge is -2.04. The highest BCUT2D eigenvalue weighted by Gasteiger charge is 2.00. The average Bonchev–Trinajstić information content (AvgIpc) is 2.91. The van der Waals surface area contributed by atoms with Gasteiger partial charge in [0, 0.05) is 9.77 Å². The van der Waals surface area contributed by atoms with E-state index in [0.29, 0.717) is 13.2 Å². The van der Waals surface area contributed by atoms with Crippen LogP contribution in [0.5, 0.6) is 5.75 Å². The van der Waals surface area contributed by atoms with Crippen LogP contribution in [0.15, 0.2) is 41.3 Å². The summed E-state index contributed by atoms with van der Waals surface area (Å²) < 4.78 is 5.74. The van der Waals surface area contributed by atoms with Crippen LogP contribution in [0.25, 0.3) is 0 Å². The normalized spacial score (nSPS) is 9.79. The van der Waals surface area contributed by atoms with Crippen molar-refractivity contribution < 1.29 is 4.74 Å². The third-order valence-corrected chi connectivity index (χ3v) is 4.13. The highest BCUT2D eigenvalue weighted by molar-refractivity contribution is 7.98. The van der Waals surface area contributed by atoms with Crippen LogP contribution >= 0.6 is 23.1 Å². The van der Waals surface area contributed by atoms with Crippen LogP contribution in [0.3, 0.4) is 0 Å². The zero-order valence-corrected chi connectivity index (χ0v) is 12.3. The summed E-state index contributed by atoms with van der Waals surface area (Å²) in [6.07, 6.45) is 2.06. The Balaban J connectivity index is 1.92. The molecule has 0 unspecified atom stereocenters. The van der Waals surface area contributed by atoms with E-state index in [1.54, 1.807) is 23.1 Å². The van der Waals surface area contributed by atoms with Crippen LogP contribution in [0.4, 0.5) is 0 Å². The van der Waals surface area contributed by atoms with Gasteiger partial charge in [-0.05, 0) is 42.7 Å². The van der Waals surface area contributed by atoms with Gasteiger partial charge in [-0.25, -0.2) is 0 Å². The smallest absolute Gasteiger partial charge is 0.122 e. The molecule has 0 bridgehead atoms. The number of ether oxygens (including phenoxy) is 1. The molecule has 0 aliphatic rings. The molecule has 2 nitrogen and oxygen atoms in total. The topological polar surface area (TPSA) is 35.2 Å². The van der Waals surface area contributed by atoms with Crippen LogP contribution in [-0.2, 0) is 6.61 Å². The van der Waals surface area contributed by atoms with Crippen LogP contribution < -0.4 is 10.5 Å². The molecule has 1 aromatic carbocycles. The molecule has 0 radical (unpaired) electrons. The lowest BCUT2D eigenvalue weighted by Crippen LogP contribution is -1.92. The van der Waals surface area contributed by atoms with E-state index in [0.717, 1.165) is 15.5 Å². The summed E-state index contributed by atoms with van der Waals surface area (Å²) >= 11 is 3.37. The Kier molecular flexibility index (Phi) is 5.34. The summed E-state index contributed by atoms with van der Waals surface area (Å²) in [5.74, 6) is 6.76. The fourth-order valence-electron chi connectivity index (χ4n) is 1.49. The quantitative estimate of drug-likeness (QED) is 0.692. The highest BCUT2D eigenvalue weighted by Crippen LogP contribution is 2.21. The van der Waals surface area contributed by atoms with E-state index in [1.807, 2.05) is 24.3 Å². The molecule has 2 N–H and O–H groups in total. The van der Waals surface area contributed by atoms with Gasteiger partial charge in [-0.15, -0.1) is 23.1 Å². The molecular weight excluding hydrogens is 274 g/mol. The first-order valence-electron chi connectivity index (χ1n) is 5.86. The maximum atomic E-state index is 5.74. The minimum absolute atomic E-state index is 0.394. The first-order valence-corrected chi connectivity index (χ1v) is 7.90. The fourth-order valence-corrected chi connectivity index (χ4v) is 2.69. The number of rotatable bonds is 4. The van der Waals surface area contributed by atoms with Gasteiger partial charge in [-0.3, -0.25) is 0 Å². The molecule has 4 heteroatoms. The Labute approximate surface area is 122 Å². The minimum atomic E-state index is 0.394. The number of thioether (sulfide) groups is 1. The number of hydrogen-bond acceptors (Lipinski definition) is 4. The van der Waals surface area contributed by atoms with E-state index in [-0.39, 0.29) is 0 Å². The molecule has 1 heterocycles. The van der Waals surface area contributed by atoms with Crippen molar-refractivity contribution in [2.75, 3.05) is 12.8 Å². The van der Waals surface area contributed by atoms with Gasteiger partial charge in [0.2, 0.25) is 0 Å². The minimum Gasteiger partial charge on any atom is -0.488 e. The van der Waals surface area contributed by atoms with E-state index in [9.17, 15) is 0 Å². The van der Waals surface area contributed by atoms with E-state index in [4.69, 9.17) is 10.5 Å². The van der Waals surface area contributed by atoms with Crippen molar-refractivity contribution in [2.45, 2.75) is 11.5 Å². The fraction of sp³-hybridized carbons (Fsp3) is 0.200. The van der Waals surface area contributed by atoms with Crippen molar-refractivity contribution in [3.05, 3.63) is 46.2 Å². The number of hydrogen-bond donors (Lipinski definition) is 1. The second-order valence-corrected chi connectivity index (χ2v) is 5.78. The molecule has 0 atom stereocenters. The predicted molar refractivity (Wildman–Crippen MR) is 82.8 cm³/mol. The van der Waals surface area contributed by atoms with Gasteiger partial charge in [0.05, 0.1) is 11.4 Å². The summed E-state index contributed by atoms with van der Waals surface area (Å²) in [5, 5.41) is 0. The second-order valence-electron chi connectivity index (χ2n) is 3.74. The van der Waals surface area contributed by atoms with Crippen LogP contribution in [0, 0.1) is 11.8 Å². The van der Waals surface area contributed by atoms with Gasteiger partial charge in [0.25, 0.3) is 0 Å². The predicted octanol–water partition coefficient (Wildman–Crippen LogP) is 3.36. The standard InChI is InChI=1S/C15H15NOS2/c1-18-13-6-4-12(5-7-13)17-11-15-9-8-14(19-15)3-2-10-16/h4-9H,10-11,16H2,1H3. The Hall–Kier alpha value is -1.41. The molecular formula is C15H15NOS2. The molecule has 0 saturated heterocycles. The first-order chi connectivity index (χ1) is 9.31. The van der Waals surface area contributed by atoms with Gasteiger partial charge in [0.15, 0.2) is 0 Å². The molecule has 2 rings (SSSR count). The third kappa shape index (κ3) is 4.32. The van der Waals surface area contributed by atoms with Gasteiger partial charge in [0.1, 0.15) is 12.4 Å². The van der Waals surface area contributed by atoms with Gasteiger partial charge in [-0.1, -0.05) is 11.8 Å². The summed E-state index contributed by atoms with van der Waals surface area (Å²) in [4.78, 5) is 3.43. The van der Waals surface area contributed by atoms with Crippen molar-refractivity contribution in [1.29, 1.82) is 0 Å². The molecule has 19 heavy (non-hydrogen) atoms. The molecule has 0 spiro atoms. The van der Waals surface area contributed by atoms with E-state index in [2.05, 4.69) is 30.2 Å². The van der Waals surface area contributed by atoms with Crippen LogP contribution in [0.1, 0.15) is 9.75 Å². The van der Waals surface area contributed by atoms with Crippen molar-refractivity contribution >= 4 is 23.1 Å². The summed E-state index contributed by atoms with van der Waals surface area (Å²) in [6.45, 7) is 0.971. The lowest BCUT2D eigenvalue weighted by molar-refractivity contribution is 0.309. The van der Waals surface area contributed by atoms with Crippen molar-refractivity contribution in [1.82, 2.24) is 0 Å². The van der Waals surface area contributed by atoms with Crippen LogP contribution in [-0.4, -0.2) is 12.8 Å². The van der Waals surface area contributed by atoms with E-state index >= 15 is 0 Å². The molecule has 2 aromatic rings. The lowest BCUT2D eigenvalue weighted by atomic mass is 10.3. The maximum Gasteiger partial charge on any atom is 0.122 e. The molecule has 0 aliphatic heterocycles. The summed E-state index contributed by atoms with van der Waals surface area (Å²) in [5.41, 5.74) is 5.35. The van der Waals surface area contributed by atoms with Gasteiger partial charge in [-0.2, -0.15) is 0 Å². The molecule has 0 amide bonds. The van der Waals surface area contributed by atoms with Gasteiger partial charge >= 0.3 is 0 Å². The first kappa shape index (κ1) is 14.0. The van der Waals surface area contributed by atoms with Crippen molar-refractivity contribution in [2.24, 2.45) is 5.73 Å². The molecule has 1 aromatic heterocycles. The van der Waals surface area contributed by atoms with E-state index < -0.39 is 0 Å². The summed E-state index contributed by atoms with van der Waals surface area (Å²) in [6, 6.07) is 12.2. The largest absolute Gasteiger partial charge is 0.488 e. The SMILES string of the molecule is CSc1ccc(OCc2ccc(C#CCN)s2)cc1. The van der Waals surface area contributed by atoms with Crippen LogP contribution in [0.2, 0.25) is 0 Å². The average molecular weight is 289 g/mol. The Morgan fingerprint density at radius 3 is 2.68 bits per heavy atom. The Bertz CT molecular complexity index is 578. The zero-order valence-electron chi connectivity index (χ0n) is 10.7. The molecule has 0 saturated carbocycles. The monoisotopic (exact) mass is 289 g/mol. The molecule has 98 valence electrons. The number of benzene rings is 1. The van der Waals surface area contributed by atoms with Crippen molar-refractivity contribution in [3.63, 3.8) is 0 Å². The maximum absolute atomic E-state index is 5.74. The molecule has 0 fully saturated rings.